The Labute approximate surface area is 181 Å². The van der Waals surface area contributed by atoms with Crippen LogP contribution in [-0.4, -0.2) is 34.7 Å². The van der Waals surface area contributed by atoms with Gasteiger partial charge >= 0.3 is 0 Å². The molecule has 0 fully saturated rings. The summed E-state index contributed by atoms with van der Waals surface area (Å²) in [7, 11) is -3.90. The second-order valence-corrected chi connectivity index (χ2v) is 9.93. The minimum atomic E-state index is -3.90. The quantitative estimate of drug-likeness (QED) is 0.632. The second-order valence-electron chi connectivity index (χ2n) is 8.26. The number of hydrogen-bond donors (Lipinski definition) is 1. The minimum Gasteiger partial charge on any atom is -0.287 e. The number of pyridine rings is 1. The highest BCUT2D eigenvalue weighted by Gasteiger charge is 2.42. The fourth-order valence-electron chi connectivity index (χ4n) is 3.71. The van der Waals surface area contributed by atoms with Crippen LogP contribution in [0.5, 0.6) is 0 Å². The molecule has 2 aromatic heterocycles. The van der Waals surface area contributed by atoms with Gasteiger partial charge in [0.05, 0.1) is 21.8 Å². The number of aromatic nitrogens is 3. The van der Waals surface area contributed by atoms with Gasteiger partial charge in [-0.2, -0.15) is 23.4 Å². The highest BCUT2D eigenvalue weighted by atomic mass is 32.2. The molecule has 1 aliphatic rings. The molecule has 0 spiro atoms. The first-order chi connectivity index (χ1) is 14.6. The first kappa shape index (κ1) is 20.9. The summed E-state index contributed by atoms with van der Waals surface area (Å²) in [6.07, 6.45) is 2.12. The number of aryl methyl sites for hydroxylation is 2. The maximum absolute atomic E-state index is 13.4. The van der Waals surface area contributed by atoms with Gasteiger partial charge in [-0.15, -0.1) is 0 Å². The zero-order valence-electron chi connectivity index (χ0n) is 17.7. The molecule has 0 unspecified atom stereocenters. The van der Waals surface area contributed by atoms with Gasteiger partial charge in [0.15, 0.2) is 5.82 Å². The molecule has 0 radical (unpaired) electrons. The molecule has 0 atom stereocenters. The Hall–Kier alpha value is -3.33. The largest absolute Gasteiger partial charge is 0.287 e. The Morgan fingerprint density at radius 1 is 1.10 bits per heavy atom. The van der Waals surface area contributed by atoms with Crippen LogP contribution in [0.4, 0.5) is 0 Å². The standard InChI is InChI=1S/C22H23N5O3S/c1-14-8-10-16(11-9-14)31(29,30)26-24-21-20(28)19-15(2)25-27(17(19)13-22(21,3)4)18-7-5-6-12-23-18/h5-12,26H,13H2,1-4H3/b24-21+. The molecule has 8 nitrogen and oxygen atoms in total. The van der Waals surface area contributed by atoms with E-state index in [1.807, 2.05) is 39.0 Å². The van der Waals surface area contributed by atoms with E-state index in [2.05, 4.69) is 20.0 Å². The van der Waals surface area contributed by atoms with E-state index >= 15 is 0 Å². The predicted molar refractivity (Wildman–Crippen MR) is 117 cm³/mol. The topological polar surface area (TPSA) is 106 Å². The molecular formula is C22H23N5O3S. The Kier molecular flexibility index (Phi) is 5.01. The second kappa shape index (κ2) is 7.42. The van der Waals surface area contributed by atoms with Crippen LogP contribution in [0.15, 0.2) is 58.7 Å². The number of carbonyl (C=O) groups excluding carboxylic acids is 1. The molecular weight excluding hydrogens is 414 g/mol. The van der Waals surface area contributed by atoms with Crippen molar-refractivity contribution in [2.75, 3.05) is 0 Å². The molecule has 0 saturated carbocycles. The zero-order chi connectivity index (χ0) is 22.4. The molecule has 1 aliphatic carbocycles. The van der Waals surface area contributed by atoms with Crippen molar-refractivity contribution in [2.24, 2.45) is 10.5 Å². The Balaban J connectivity index is 1.73. The number of hydrazone groups is 1. The average molecular weight is 438 g/mol. The molecule has 2 heterocycles. The predicted octanol–water partition coefficient (Wildman–Crippen LogP) is 2.98. The average Bonchev–Trinajstić information content (AvgIpc) is 3.04. The molecule has 0 aliphatic heterocycles. The molecule has 1 N–H and O–H groups in total. The first-order valence-corrected chi connectivity index (χ1v) is 11.3. The normalized spacial score (nSPS) is 16.9. The lowest BCUT2D eigenvalue weighted by Gasteiger charge is -2.30. The van der Waals surface area contributed by atoms with Crippen LogP contribution in [0.1, 0.15) is 41.2 Å². The Morgan fingerprint density at radius 2 is 1.81 bits per heavy atom. The number of Topliss-reactive ketones (excluding diaryl/α,β-unsaturated/α-hetero) is 1. The van der Waals surface area contributed by atoms with Gasteiger partial charge in [-0.3, -0.25) is 4.79 Å². The van der Waals surface area contributed by atoms with Gasteiger partial charge in [0, 0.05) is 18.0 Å². The van der Waals surface area contributed by atoms with Crippen molar-refractivity contribution in [3.05, 3.63) is 71.2 Å². The maximum atomic E-state index is 13.4. The van der Waals surface area contributed by atoms with E-state index in [1.165, 1.54) is 12.1 Å². The van der Waals surface area contributed by atoms with Crippen molar-refractivity contribution in [1.29, 1.82) is 0 Å². The van der Waals surface area contributed by atoms with Crippen molar-refractivity contribution >= 4 is 21.5 Å². The van der Waals surface area contributed by atoms with Crippen molar-refractivity contribution in [1.82, 2.24) is 19.6 Å². The number of benzene rings is 1. The number of nitrogens with one attached hydrogen (secondary N) is 1. The summed E-state index contributed by atoms with van der Waals surface area (Å²) in [5.41, 5.74) is 2.12. The van der Waals surface area contributed by atoms with Crippen molar-refractivity contribution in [3.63, 3.8) is 0 Å². The van der Waals surface area contributed by atoms with Gasteiger partial charge in [-0.1, -0.05) is 37.6 Å². The van der Waals surface area contributed by atoms with Gasteiger partial charge in [-0.25, -0.2) is 9.67 Å². The number of rotatable bonds is 4. The summed E-state index contributed by atoms with van der Waals surface area (Å²) in [6.45, 7) is 7.34. The highest BCUT2D eigenvalue weighted by molar-refractivity contribution is 7.89. The van der Waals surface area contributed by atoms with Gasteiger partial charge in [0.1, 0.15) is 5.71 Å². The molecule has 160 valence electrons. The van der Waals surface area contributed by atoms with E-state index in [9.17, 15) is 13.2 Å². The Bertz CT molecular complexity index is 1290. The number of nitrogens with zero attached hydrogens (tertiary/aromatic N) is 4. The van der Waals surface area contributed by atoms with Crippen LogP contribution in [-0.2, 0) is 16.4 Å². The summed E-state index contributed by atoms with van der Waals surface area (Å²) in [4.78, 5) is 20.0. The van der Waals surface area contributed by atoms with Crippen LogP contribution in [0.25, 0.3) is 5.82 Å². The lowest BCUT2D eigenvalue weighted by Crippen LogP contribution is -2.41. The molecule has 9 heteroatoms. The molecule has 0 saturated heterocycles. The van der Waals surface area contributed by atoms with E-state index in [0.29, 0.717) is 23.5 Å². The fourth-order valence-corrected chi connectivity index (χ4v) is 4.52. The van der Waals surface area contributed by atoms with Crippen molar-refractivity contribution < 1.29 is 13.2 Å². The van der Waals surface area contributed by atoms with E-state index in [1.54, 1.807) is 29.9 Å². The van der Waals surface area contributed by atoms with Crippen LogP contribution >= 0.6 is 0 Å². The number of sulfonamides is 1. The van der Waals surface area contributed by atoms with Gasteiger partial charge in [-0.05, 0) is 38.1 Å². The summed E-state index contributed by atoms with van der Waals surface area (Å²) in [5, 5.41) is 8.60. The number of fused-ring (bicyclic) bond motifs is 1. The smallest absolute Gasteiger partial charge is 0.276 e. The highest BCUT2D eigenvalue weighted by Crippen LogP contribution is 2.35. The van der Waals surface area contributed by atoms with Crippen molar-refractivity contribution in [3.8, 4) is 5.82 Å². The first-order valence-electron chi connectivity index (χ1n) is 9.81. The summed E-state index contributed by atoms with van der Waals surface area (Å²) in [6, 6.07) is 11.9. The third-order valence-electron chi connectivity index (χ3n) is 5.32. The SMILES string of the molecule is Cc1ccc(S(=O)(=O)N/N=C2\C(=O)c3c(C)nn(-c4ccccn4)c3CC2(C)C)cc1. The van der Waals surface area contributed by atoms with E-state index < -0.39 is 15.4 Å². The van der Waals surface area contributed by atoms with Gasteiger partial charge < -0.3 is 0 Å². The lowest BCUT2D eigenvalue weighted by molar-refractivity contribution is 0.104. The number of hydrogen-bond acceptors (Lipinski definition) is 6. The maximum Gasteiger partial charge on any atom is 0.276 e. The molecule has 0 amide bonds. The third kappa shape index (κ3) is 3.76. The summed E-state index contributed by atoms with van der Waals surface area (Å²) < 4.78 is 27.0. The number of carbonyl (C=O) groups is 1. The van der Waals surface area contributed by atoms with Gasteiger partial charge in [0.25, 0.3) is 10.0 Å². The molecule has 31 heavy (non-hydrogen) atoms. The molecule has 0 bridgehead atoms. The minimum absolute atomic E-state index is 0.0864. The monoisotopic (exact) mass is 437 g/mol. The summed E-state index contributed by atoms with van der Waals surface area (Å²) >= 11 is 0. The fraction of sp³-hybridized carbons (Fsp3) is 0.273. The molecule has 1 aromatic carbocycles. The molecule has 4 rings (SSSR count). The number of ketones is 1. The van der Waals surface area contributed by atoms with E-state index in [4.69, 9.17) is 0 Å². The molecule has 3 aromatic rings. The van der Waals surface area contributed by atoms with Crippen molar-refractivity contribution in [2.45, 2.75) is 39.0 Å². The van der Waals surface area contributed by atoms with E-state index in [0.717, 1.165) is 11.3 Å². The third-order valence-corrected chi connectivity index (χ3v) is 6.55. The zero-order valence-corrected chi connectivity index (χ0v) is 18.6. The summed E-state index contributed by atoms with van der Waals surface area (Å²) in [5.74, 6) is 0.286. The van der Waals surface area contributed by atoms with Crippen LogP contribution < -0.4 is 4.83 Å². The van der Waals surface area contributed by atoms with Crippen LogP contribution in [0, 0.1) is 19.3 Å². The van der Waals surface area contributed by atoms with E-state index in [-0.39, 0.29) is 16.4 Å². The lowest BCUT2D eigenvalue weighted by atomic mass is 9.74. The Morgan fingerprint density at radius 3 is 2.45 bits per heavy atom. The van der Waals surface area contributed by atoms with Gasteiger partial charge in [0.2, 0.25) is 5.78 Å². The van der Waals surface area contributed by atoms with Crippen LogP contribution in [0.3, 0.4) is 0 Å². The van der Waals surface area contributed by atoms with Crippen LogP contribution in [0.2, 0.25) is 0 Å².